The average Bonchev–Trinajstić information content (AvgIpc) is 3.18. The van der Waals surface area contributed by atoms with E-state index in [0.29, 0.717) is 6.61 Å². The molecular weight excluding hydrogens is 296 g/mol. The van der Waals surface area contributed by atoms with Crippen molar-refractivity contribution in [3.8, 4) is 0 Å². The molecule has 0 N–H and O–H groups in total. The molecule has 122 valence electrons. The van der Waals surface area contributed by atoms with Gasteiger partial charge in [0.15, 0.2) is 5.60 Å². The van der Waals surface area contributed by atoms with E-state index >= 15 is 0 Å². The normalized spacial score (nSPS) is 26.5. The Labute approximate surface area is 135 Å². The zero-order valence-corrected chi connectivity index (χ0v) is 12.9. The molecular formula is C17H20N2O4. The molecule has 1 spiro atoms. The Kier molecular flexibility index (Phi) is 3.69. The third-order valence-electron chi connectivity index (χ3n) is 4.82. The maximum atomic E-state index is 11.2. The largest absolute Gasteiger partial charge is 0.509 e. The van der Waals surface area contributed by atoms with Crippen molar-refractivity contribution >= 4 is 11.9 Å². The van der Waals surface area contributed by atoms with Gasteiger partial charge in [0.1, 0.15) is 12.7 Å². The smallest absolute Gasteiger partial charge is 0.430 e. The van der Waals surface area contributed by atoms with Gasteiger partial charge in [-0.05, 0) is 5.56 Å². The van der Waals surface area contributed by atoms with Crippen molar-refractivity contribution in [3.63, 3.8) is 0 Å². The van der Waals surface area contributed by atoms with Crippen LogP contribution in [0.5, 0.6) is 0 Å². The van der Waals surface area contributed by atoms with E-state index in [-0.39, 0.29) is 6.10 Å². The van der Waals surface area contributed by atoms with Crippen molar-refractivity contribution in [2.24, 2.45) is 5.16 Å². The van der Waals surface area contributed by atoms with Crippen LogP contribution in [0.25, 0.3) is 0 Å². The number of likely N-dealkylation sites (tertiary alicyclic amines) is 1. The summed E-state index contributed by atoms with van der Waals surface area (Å²) in [5.74, 6) is 0. The van der Waals surface area contributed by atoms with Crippen LogP contribution < -0.4 is 0 Å². The van der Waals surface area contributed by atoms with Crippen molar-refractivity contribution in [1.82, 2.24) is 4.90 Å². The molecule has 1 aromatic rings. The molecule has 3 aliphatic heterocycles. The van der Waals surface area contributed by atoms with Crippen LogP contribution in [0, 0.1) is 0 Å². The molecule has 0 amide bonds. The molecule has 0 aliphatic carbocycles. The quantitative estimate of drug-likeness (QED) is 0.800. The number of carbonyl (C=O) groups excluding carboxylic acids is 1. The summed E-state index contributed by atoms with van der Waals surface area (Å²) in [6.07, 6.45) is 2.04. The van der Waals surface area contributed by atoms with E-state index < -0.39 is 11.8 Å². The SMILES string of the molecule is O=C1OCC2(CCN(C[C@H]3CC(c4ccccc4)=NO3)CC2)O1. The van der Waals surface area contributed by atoms with E-state index in [0.717, 1.165) is 50.2 Å². The standard InChI is InChI=1S/C17H20N2O4/c20-16-21-12-17(22-16)6-8-19(9-7-17)11-14-10-15(18-23-14)13-4-2-1-3-5-13/h1-5,14H,6-12H2/t14-/m1/s1. The molecule has 0 aromatic heterocycles. The van der Waals surface area contributed by atoms with E-state index in [2.05, 4.69) is 22.2 Å². The first kappa shape index (κ1) is 14.5. The first-order chi connectivity index (χ1) is 11.2. The lowest BCUT2D eigenvalue weighted by molar-refractivity contribution is -0.0171. The molecule has 0 radical (unpaired) electrons. The van der Waals surface area contributed by atoms with Gasteiger partial charge in [-0.2, -0.15) is 0 Å². The number of nitrogens with zero attached hydrogens (tertiary/aromatic N) is 2. The third-order valence-corrected chi connectivity index (χ3v) is 4.82. The number of cyclic esters (lactones) is 1. The molecule has 2 saturated heterocycles. The number of ether oxygens (including phenoxy) is 2. The fourth-order valence-electron chi connectivity index (χ4n) is 3.43. The number of carbonyl (C=O) groups is 1. The number of piperidine rings is 1. The Morgan fingerprint density at radius 1 is 1.22 bits per heavy atom. The summed E-state index contributed by atoms with van der Waals surface area (Å²) >= 11 is 0. The molecule has 2 fully saturated rings. The number of benzene rings is 1. The lowest BCUT2D eigenvalue weighted by Gasteiger charge is -2.36. The third kappa shape index (κ3) is 3.03. The molecule has 0 unspecified atom stereocenters. The Morgan fingerprint density at radius 3 is 2.70 bits per heavy atom. The van der Waals surface area contributed by atoms with Crippen molar-refractivity contribution in [2.75, 3.05) is 26.2 Å². The molecule has 1 atom stereocenters. The van der Waals surface area contributed by atoms with Gasteiger partial charge in [-0.15, -0.1) is 0 Å². The summed E-state index contributed by atoms with van der Waals surface area (Å²) in [4.78, 5) is 19.1. The summed E-state index contributed by atoms with van der Waals surface area (Å²) in [7, 11) is 0. The van der Waals surface area contributed by atoms with Crippen LogP contribution in [0.3, 0.4) is 0 Å². The fourth-order valence-corrected chi connectivity index (χ4v) is 3.43. The molecule has 6 heteroatoms. The van der Waals surface area contributed by atoms with E-state index in [1.807, 2.05) is 18.2 Å². The maximum Gasteiger partial charge on any atom is 0.509 e. The summed E-state index contributed by atoms with van der Waals surface area (Å²) in [6.45, 7) is 3.01. The van der Waals surface area contributed by atoms with Gasteiger partial charge >= 0.3 is 6.16 Å². The summed E-state index contributed by atoms with van der Waals surface area (Å²) < 4.78 is 10.3. The maximum absolute atomic E-state index is 11.2. The van der Waals surface area contributed by atoms with Crippen LogP contribution >= 0.6 is 0 Å². The second-order valence-electron chi connectivity index (χ2n) is 6.46. The van der Waals surface area contributed by atoms with Crippen LogP contribution in [0.15, 0.2) is 35.5 Å². The topological polar surface area (TPSA) is 60.4 Å². The summed E-state index contributed by atoms with van der Waals surface area (Å²) in [5.41, 5.74) is 1.75. The molecule has 0 saturated carbocycles. The highest BCUT2D eigenvalue weighted by Gasteiger charge is 2.45. The molecule has 1 aromatic carbocycles. The minimum Gasteiger partial charge on any atom is -0.430 e. The van der Waals surface area contributed by atoms with Gasteiger partial charge in [0.2, 0.25) is 0 Å². The number of oxime groups is 1. The summed E-state index contributed by atoms with van der Waals surface area (Å²) in [5, 5.41) is 4.23. The predicted molar refractivity (Wildman–Crippen MR) is 83.3 cm³/mol. The fraction of sp³-hybridized carbons (Fsp3) is 0.529. The van der Waals surface area contributed by atoms with E-state index in [1.54, 1.807) is 0 Å². The molecule has 4 rings (SSSR count). The van der Waals surface area contributed by atoms with Crippen LogP contribution in [-0.2, 0) is 14.3 Å². The van der Waals surface area contributed by atoms with Gasteiger partial charge in [-0.1, -0.05) is 35.5 Å². The Bertz CT molecular complexity index is 608. The lowest BCUT2D eigenvalue weighted by Crippen LogP contribution is -2.47. The second-order valence-corrected chi connectivity index (χ2v) is 6.46. The number of rotatable bonds is 3. The molecule has 0 bridgehead atoms. The van der Waals surface area contributed by atoms with Crippen molar-refractivity contribution in [2.45, 2.75) is 31.0 Å². The Balaban J connectivity index is 1.28. The van der Waals surface area contributed by atoms with Crippen LogP contribution in [-0.4, -0.2) is 54.7 Å². The highest BCUT2D eigenvalue weighted by molar-refractivity contribution is 6.01. The van der Waals surface area contributed by atoms with Crippen molar-refractivity contribution < 1.29 is 19.1 Å². The first-order valence-electron chi connectivity index (χ1n) is 8.09. The predicted octanol–water partition coefficient (Wildman–Crippen LogP) is 2.18. The minimum absolute atomic E-state index is 0.0987. The minimum atomic E-state index is -0.529. The monoisotopic (exact) mass is 316 g/mol. The molecule has 3 heterocycles. The van der Waals surface area contributed by atoms with Gasteiger partial charge < -0.3 is 14.3 Å². The highest BCUT2D eigenvalue weighted by atomic mass is 16.8. The Morgan fingerprint density at radius 2 is 2.00 bits per heavy atom. The van der Waals surface area contributed by atoms with Gasteiger partial charge in [0, 0.05) is 38.9 Å². The van der Waals surface area contributed by atoms with Crippen LogP contribution in [0.2, 0.25) is 0 Å². The van der Waals surface area contributed by atoms with Crippen LogP contribution in [0.4, 0.5) is 4.79 Å². The summed E-state index contributed by atoms with van der Waals surface area (Å²) in [6, 6.07) is 10.1. The van der Waals surface area contributed by atoms with E-state index in [1.165, 1.54) is 0 Å². The van der Waals surface area contributed by atoms with Gasteiger partial charge in [0.05, 0.1) is 5.71 Å². The second kappa shape index (κ2) is 5.85. The van der Waals surface area contributed by atoms with Crippen LogP contribution in [0.1, 0.15) is 24.8 Å². The lowest BCUT2D eigenvalue weighted by atomic mass is 9.92. The number of hydrogen-bond donors (Lipinski definition) is 0. The number of hydrogen-bond acceptors (Lipinski definition) is 6. The molecule has 3 aliphatic rings. The Hall–Kier alpha value is -2.08. The van der Waals surface area contributed by atoms with E-state index in [4.69, 9.17) is 14.3 Å². The zero-order valence-electron chi connectivity index (χ0n) is 12.9. The highest BCUT2D eigenvalue weighted by Crippen LogP contribution is 2.32. The van der Waals surface area contributed by atoms with Crippen molar-refractivity contribution in [3.05, 3.63) is 35.9 Å². The zero-order chi connectivity index (χ0) is 15.7. The van der Waals surface area contributed by atoms with Crippen molar-refractivity contribution in [1.29, 1.82) is 0 Å². The van der Waals surface area contributed by atoms with Gasteiger partial charge in [0.25, 0.3) is 0 Å². The molecule has 6 nitrogen and oxygen atoms in total. The first-order valence-corrected chi connectivity index (χ1v) is 8.09. The van der Waals surface area contributed by atoms with E-state index in [9.17, 15) is 4.79 Å². The molecule has 23 heavy (non-hydrogen) atoms. The average molecular weight is 316 g/mol. The van der Waals surface area contributed by atoms with Gasteiger partial charge in [-0.25, -0.2) is 4.79 Å². The van der Waals surface area contributed by atoms with Gasteiger partial charge in [-0.3, -0.25) is 4.90 Å².